The van der Waals surface area contributed by atoms with Crippen LogP contribution in [0.2, 0.25) is 15.1 Å². The molecule has 1 amide bonds. The van der Waals surface area contributed by atoms with Gasteiger partial charge in [0.2, 0.25) is 0 Å². The van der Waals surface area contributed by atoms with Gasteiger partial charge in [-0.25, -0.2) is 0 Å². The minimum Gasteiger partial charge on any atom is -0.506 e. The van der Waals surface area contributed by atoms with E-state index in [1.54, 1.807) is 18.2 Å². The number of hydrogen-bond acceptors (Lipinski definition) is 2. The molecular formula is C13H8Cl3NO2. The van der Waals surface area contributed by atoms with Crippen molar-refractivity contribution in [2.24, 2.45) is 0 Å². The third-order valence-corrected chi connectivity index (χ3v) is 3.43. The molecule has 0 fully saturated rings. The lowest BCUT2D eigenvalue weighted by molar-refractivity contribution is 0.102. The van der Waals surface area contributed by atoms with Gasteiger partial charge in [-0.15, -0.1) is 0 Å². The van der Waals surface area contributed by atoms with Gasteiger partial charge in [0.1, 0.15) is 5.75 Å². The summed E-state index contributed by atoms with van der Waals surface area (Å²) in [6, 6.07) is 8.96. The highest BCUT2D eigenvalue weighted by Crippen LogP contribution is 2.26. The van der Waals surface area contributed by atoms with E-state index < -0.39 is 0 Å². The molecule has 3 nitrogen and oxygen atoms in total. The summed E-state index contributed by atoms with van der Waals surface area (Å²) in [5, 5.41) is 12.8. The zero-order valence-corrected chi connectivity index (χ0v) is 11.7. The molecule has 0 aliphatic rings. The first-order valence-corrected chi connectivity index (χ1v) is 6.35. The van der Waals surface area contributed by atoms with Gasteiger partial charge in [0.05, 0.1) is 15.1 Å². The van der Waals surface area contributed by atoms with Crippen molar-refractivity contribution in [3.05, 3.63) is 57.0 Å². The first-order chi connectivity index (χ1) is 8.97. The smallest absolute Gasteiger partial charge is 0.255 e. The summed E-state index contributed by atoms with van der Waals surface area (Å²) >= 11 is 17.4. The third kappa shape index (κ3) is 3.32. The number of hydrogen-bond donors (Lipinski definition) is 2. The van der Waals surface area contributed by atoms with Gasteiger partial charge in [-0.05, 0) is 36.4 Å². The monoisotopic (exact) mass is 315 g/mol. The lowest BCUT2D eigenvalue weighted by Gasteiger charge is -2.07. The van der Waals surface area contributed by atoms with E-state index in [2.05, 4.69) is 5.32 Å². The fourth-order valence-electron chi connectivity index (χ4n) is 1.43. The van der Waals surface area contributed by atoms with Crippen LogP contribution in [0.4, 0.5) is 5.69 Å². The molecular weight excluding hydrogens is 309 g/mol. The van der Waals surface area contributed by atoms with E-state index in [4.69, 9.17) is 34.8 Å². The molecule has 0 aliphatic heterocycles. The Hall–Kier alpha value is -1.42. The average Bonchev–Trinajstić information content (AvgIpc) is 2.37. The number of aromatic hydroxyl groups is 1. The molecule has 0 unspecified atom stereocenters. The van der Waals surface area contributed by atoms with Gasteiger partial charge < -0.3 is 10.4 Å². The lowest BCUT2D eigenvalue weighted by Crippen LogP contribution is -2.11. The molecule has 98 valence electrons. The molecule has 0 heterocycles. The number of benzene rings is 2. The van der Waals surface area contributed by atoms with E-state index >= 15 is 0 Å². The largest absolute Gasteiger partial charge is 0.506 e. The summed E-state index contributed by atoms with van der Waals surface area (Å²) in [6.07, 6.45) is 0. The van der Waals surface area contributed by atoms with E-state index in [0.717, 1.165) is 0 Å². The van der Waals surface area contributed by atoms with Crippen LogP contribution in [-0.4, -0.2) is 11.0 Å². The van der Waals surface area contributed by atoms with Crippen LogP contribution >= 0.6 is 34.8 Å². The number of amides is 1. The highest BCUT2D eigenvalue weighted by molar-refractivity contribution is 6.42. The first kappa shape index (κ1) is 14.0. The molecule has 2 N–H and O–H groups in total. The number of phenolic OH excluding ortho intramolecular Hbond substituents is 1. The molecule has 0 bridgehead atoms. The normalized spacial score (nSPS) is 10.3. The summed E-state index contributed by atoms with van der Waals surface area (Å²) in [5.41, 5.74) is 0.845. The Labute approximate surface area is 124 Å². The van der Waals surface area contributed by atoms with Crippen molar-refractivity contribution in [2.75, 3.05) is 5.32 Å². The van der Waals surface area contributed by atoms with Gasteiger partial charge in [0.15, 0.2) is 0 Å². The SMILES string of the molecule is O=C(Nc1ccc(Cl)c(Cl)c1)c1ccc(O)c(Cl)c1. The fourth-order valence-corrected chi connectivity index (χ4v) is 1.90. The van der Waals surface area contributed by atoms with Crippen LogP contribution < -0.4 is 5.32 Å². The molecule has 0 aromatic heterocycles. The number of halogens is 3. The van der Waals surface area contributed by atoms with E-state index in [0.29, 0.717) is 21.3 Å². The van der Waals surface area contributed by atoms with Crippen LogP contribution in [0.5, 0.6) is 5.75 Å². The Bertz CT molecular complexity index is 644. The molecule has 6 heteroatoms. The number of rotatable bonds is 2. The van der Waals surface area contributed by atoms with Crippen molar-refractivity contribution < 1.29 is 9.90 Å². The molecule has 0 saturated carbocycles. The molecule has 0 radical (unpaired) electrons. The zero-order valence-electron chi connectivity index (χ0n) is 9.45. The summed E-state index contributed by atoms with van der Waals surface area (Å²) < 4.78 is 0. The maximum atomic E-state index is 11.9. The van der Waals surface area contributed by atoms with Crippen molar-refractivity contribution in [1.29, 1.82) is 0 Å². The van der Waals surface area contributed by atoms with Gasteiger partial charge in [-0.3, -0.25) is 4.79 Å². The van der Waals surface area contributed by atoms with Gasteiger partial charge in [-0.2, -0.15) is 0 Å². The quantitative estimate of drug-likeness (QED) is 0.850. The van der Waals surface area contributed by atoms with Crippen molar-refractivity contribution >= 4 is 46.4 Å². The van der Waals surface area contributed by atoms with E-state index in [-0.39, 0.29) is 16.7 Å². The van der Waals surface area contributed by atoms with Crippen molar-refractivity contribution in [3.8, 4) is 5.75 Å². The Balaban J connectivity index is 2.20. The van der Waals surface area contributed by atoms with E-state index in [9.17, 15) is 9.90 Å². The summed E-state index contributed by atoms with van der Waals surface area (Å²) in [6.45, 7) is 0. The van der Waals surface area contributed by atoms with Crippen LogP contribution in [0.1, 0.15) is 10.4 Å². The van der Waals surface area contributed by atoms with Gasteiger partial charge in [-0.1, -0.05) is 34.8 Å². The summed E-state index contributed by atoms with van der Waals surface area (Å²) in [7, 11) is 0. The van der Waals surface area contributed by atoms with Crippen LogP contribution in [0.25, 0.3) is 0 Å². The highest BCUT2D eigenvalue weighted by atomic mass is 35.5. The number of carbonyl (C=O) groups excluding carboxylic acids is 1. The Kier molecular flexibility index (Phi) is 4.20. The molecule has 0 aliphatic carbocycles. The van der Waals surface area contributed by atoms with Crippen LogP contribution in [0.15, 0.2) is 36.4 Å². The second-order valence-corrected chi connectivity index (χ2v) is 4.97. The van der Waals surface area contributed by atoms with Crippen LogP contribution in [-0.2, 0) is 0 Å². The molecule has 0 saturated heterocycles. The van der Waals surface area contributed by atoms with Crippen molar-refractivity contribution in [3.63, 3.8) is 0 Å². The molecule has 19 heavy (non-hydrogen) atoms. The van der Waals surface area contributed by atoms with E-state index in [1.165, 1.54) is 18.2 Å². The molecule has 2 aromatic rings. The summed E-state index contributed by atoms with van der Waals surface area (Å²) in [4.78, 5) is 11.9. The second-order valence-electron chi connectivity index (χ2n) is 3.75. The van der Waals surface area contributed by atoms with Gasteiger partial charge >= 0.3 is 0 Å². The van der Waals surface area contributed by atoms with E-state index in [1.807, 2.05) is 0 Å². The molecule has 0 spiro atoms. The predicted molar refractivity (Wildman–Crippen MR) is 77.5 cm³/mol. The predicted octanol–water partition coefficient (Wildman–Crippen LogP) is 4.60. The standard InChI is InChI=1S/C13H8Cl3NO2/c14-9-3-2-8(6-10(9)15)17-13(19)7-1-4-12(18)11(16)5-7/h1-6,18H,(H,17,19). The third-order valence-electron chi connectivity index (χ3n) is 2.39. The fraction of sp³-hybridized carbons (Fsp3) is 0. The second kappa shape index (κ2) is 5.70. The first-order valence-electron chi connectivity index (χ1n) is 5.22. The van der Waals surface area contributed by atoms with Gasteiger partial charge in [0.25, 0.3) is 5.91 Å². The maximum absolute atomic E-state index is 11.9. The molecule has 0 atom stereocenters. The molecule has 2 aromatic carbocycles. The topological polar surface area (TPSA) is 49.3 Å². The average molecular weight is 317 g/mol. The number of carbonyl (C=O) groups is 1. The van der Waals surface area contributed by atoms with Crippen LogP contribution in [0.3, 0.4) is 0 Å². The highest BCUT2D eigenvalue weighted by Gasteiger charge is 2.09. The number of phenols is 1. The van der Waals surface area contributed by atoms with Crippen molar-refractivity contribution in [1.82, 2.24) is 0 Å². The van der Waals surface area contributed by atoms with Crippen molar-refractivity contribution in [2.45, 2.75) is 0 Å². The number of anilines is 1. The zero-order chi connectivity index (χ0) is 14.0. The summed E-state index contributed by atoms with van der Waals surface area (Å²) in [5.74, 6) is -0.437. The Morgan fingerprint density at radius 2 is 1.68 bits per heavy atom. The maximum Gasteiger partial charge on any atom is 0.255 e. The minimum absolute atomic E-state index is 0.0762. The van der Waals surface area contributed by atoms with Gasteiger partial charge in [0, 0.05) is 11.3 Å². The Morgan fingerprint density at radius 3 is 2.32 bits per heavy atom. The lowest BCUT2D eigenvalue weighted by atomic mass is 10.2. The minimum atomic E-state index is -0.361. The molecule has 2 rings (SSSR count). The number of nitrogens with one attached hydrogen (secondary N) is 1. The van der Waals surface area contributed by atoms with Crippen LogP contribution in [0, 0.1) is 0 Å². The Morgan fingerprint density at radius 1 is 0.947 bits per heavy atom.